The first-order chi connectivity index (χ1) is 7.96. The maximum absolute atomic E-state index is 9.49. The Hall–Kier alpha value is -0.160. The van der Waals surface area contributed by atoms with Gasteiger partial charge in [-0.05, 0) is 46.8 Å². The van der Waals surface area contributed by atoms with Crippen LogP contribution < -0.4 is 5.73 Å². The zero-order chi connectivity index (χ0) is 13.1. The zero-order valence-corrected chi connectivity index (χ0v) is 11.8. The molecule has 4 nitrogen and oxygen atoms in total. The molecule has 17 heavy (non-hydrogen) atoms. The van der Waals surface area contributed by atoms with Crippen LogP contribution in [-0.4, -0.2) is 66.8 Å². The molecule has 4 heteroatoms. The van der Waals surface area contributed by atoms with Gasteiger partial charge in [-0.3, -0.25) is 4.90 Å². The van der Waals surface area contributed by atoms with Gasteiger partial charge >= 0.3 is 0 Å². The van der Waals surface area contributed by atoms with E-state index in [-0.39, 0.29) is 18.7 Å². The molecule has 102 valence electrons. The number of aliphatic hydroxyl groups excluding tert-OH is 1. The second-order valence-electron chi connectivity index (χ2n) is 5.71. The minimum atomic E-state index is 0.0595. The summed E-state index contributed by atoms with van der Waals surface area (Å²) in [5.74, 6) is 0. The van der Waals surface area contributed by atoms with Gasteiger partial charge in [0.15, 0.2) is 0 Å². The molecule has 0 heterocycles. The monoisotopic (exact) mass is 243 g/mol. The Kier molecular flexibility index (Phi) is 5.38. The quantitative estimate of drug-likeness (QED) is 0.684. The van der Waals surface area contributed by atoms with Crippen molar-refractivity contribution in [3.63, 3.8) is 0 Å². The number of aliphatic hydroxyl groups is 1. The number of nitrogens with zero attached hydrogens (tertiary/aromatic N) is 2. The highest BCUT2D eigenvalue weighted by atomic mass is 16.3. The van der Waals surface area contributed by atoms with E-state index in [1.165, 1.54) is 19.3 Å². The summed E-state index contributed by atoms with van der Waals surface area (Å²) in [6, 6.07) is 0.140. The number of rotatable bonds is 7. The van der Waals surface area contributed by atoms with Gasteiger partial charge in [0, 0.05) is 24.2 Å². The molecule has 1 saturated carbocycles. The van der Waals surface area contributed by atoms with Crippen molar-refractivity contribution in [1.82, 2.24) is 9.80 Å². The molecule has 2 atom stereocenters. The molecular formula is C13H29N3O. The van der Waals surface area contributed by atoms with Gasteiger partial charge in [-0.15, -0.1) is 0 Å². The summed E-state index contributed by atoms with van der Waals surface area (Å²) in [5, 5.41) is 9.49. The summed E-state index contributed by atoms with van der Waals surface area (Å²) in [5.41, 5.74) is 6.37. The maximum Gasteiger partial charge on any atom is 0.0601 e. The molecule has 0 spiro atoms. The average Bonchev–Trinajstić information content (AvgIpc) is 2.23. The van der Waals surface area contributed by atoms with Crippen molar-refractivity contribution in [3.05, 3.63) is 0 Å². The fourth-order valence-corrected chi connectivity index (χ4v) is 2.79. The Balaban J connectivity index is 2.59. The van der Waals surface area contributed by atoms with Crippen LogP contribution in [0.3, 0.4) is 0 Å². The SMILES string of the molecule is CCC(N)C(CO)N(C)CC1(N(C)C)CCC1. The molecular weight excluding hydrogens is 214 g/mol. The first-order valence-corrected chi connectivity index (χ1v) is 6.71. The van der Waals surface area contributed by atoms with Crippen molar-refractivity contribution in [2.45, 2.75) is 50.2 Å². The van der Waals surface area contributed by atoms with Crippen LogP contribution in [0.2, 0.25) is 0 Å². The zero-order valence-electron chi connectivity index (χ0n) is 11.8. The first kappa shape index (κ1) is 14.9. The first-order valence-electron chi connectivity index (χ1n) is 6.71. The second-order valence-corrected chi connectivity index (χ2v) is 5.71. The van der Waals surface area contributed by atoms with Crippen molar-refractivity contribution < 1.29 is 5.11 Å². The van der Waals surface area contributed by atoms with Crippen LogP contribution in [0.5, 0.6) is 0 Å². The van der Waals surface area contributed by atoms with Crippen molar-refractivity contribution in [1.29, 1.82) is 0 Å². The number of likely N-dealkylation sites (N-methyl/N-ethyl adjacent to an activating group) is 2. The Labute approximate surface area is 106 Å². The van der Waals surface area contributed by atoms with E-state index in [4.69, 9.17) is 5.73 Å². The fourth-order valence-electron chi connectivity index (χ4n) is 2.79. The topological polar surface area (TPSA) is 52.7 Å². The lowest BCUT2D eigenvalue weighted by Gasteiger charge is -2.50. The van der Waals surface area contributed by atoms with Crippen molar-refractivity contribution >= 4 is 0 Å². The third-order valence-electron chi connectivity index (χ3n) is 4.50. The Morgan fingerprint density at radius 3 is 2.18 bits per heavy atom. The molecule has 0 saturated heterocycles. The highest BCUT2D eigenvalue weighted by Crippen LogP contribution is 2.37. The van der Waals surface area contributed by atoms with Gasteiger partial charge in [0.25, 0.3) is 0 Å². The number of hydrogen-bond acceptors (Lipinski definition) is 4. The lowest BCUT2D eigenvalue weighted by atomic mass is 9.75. The van der Waals surface area contributed by atoms with Gasteiger partial charge in [0.1, 0.15) is 0 Å². The molecule has 3 N–H and O–H groups in total. The molecule has 0 bridgehead atoms. The molecule has 0 radical (unpaired) electrons. The lowest BCUT2D eigenvalue weighted by molar-refractivity contribution is 0.00303. The largest absolute Gasteiger partial charge is 0.395 e. The fraction of sp³-hybridized carbons (Fsp3) is 1.00. The van der Waals surface area contributed by atoms with Crippen molar-refractivity contribution in [3.8, 4) is 0 Å². The number of nitrogens with two attached hydrogens (primary N) is 1. The highest BCUT2D eigenvalue weighted by molar-refractivity contribution is 4.99. The molecule has 1 rings (SSSR count). The highest BCUT2D eigenvalue weighted by Gasteiger charge is 2.41. The van der Waals surface area contributed by atoms with Crippen LogP contribution in [0, 0.1) is 0 Å². The van der Waals surface area contributed by atoms with E-state index in [2.05, 4.69) is 37.9 Å². The van der Waals surface area contributed by atoms with Crippen molar-refractivity contribution in [2.24, 2.45) is 5.73 Å². The van der Waals surface area contributed by atoms with Crippen LogP contribution in [0.25, 0.3) is 0 Å². The second kappa shape index (κ2) is 6.14. The molecule has 0 aromatic heterocycles. The van der Waals surface area contributed by atoms with Gasteiger partial charge in [0.05, 0.1) is 6.61 Å². The van der Waals surface area contributed by atoms with Crippen LogP contribution >= 0.6 is 0 Å². The number of hydrogen-bond donors (Lipinski definition) is 2. The normalized spacial score (nSPS) is 22.6. The summed E-state index contributed by atoms with van der Waals surface area (Å²) < 4.78 is 0. The summed E-state index contributed by atoms with van der Waals surface area (Å²) in [6.07, 6.45) is 4.73. The standard InChI is InChI=1S/C13H29N3O/c1-5-11(14)12(9-17)16(4)10-13(15(2)3)7-6-8-13/h11-12,17H,5-10,14H2,1-4H3. The minimum Gasteiger partial charge on any atom is -0.395 e. The Morgan fingerprint density at radius 1 is 1.29 bits per heavy atom. The van der Waals surface area contributed by atoms with Crippen LogP contribution in [0.4, 0.5) is 0 Å². The van der Waals surface area contributed by atoms with Gasteiger partial charge in [-0.1, -0.05) is 6.92 Å². The van der Waals surface area contributed by atoms with Crippen LogP contribution in [0.1, 0.15) is 32.6 Å². The van der Waals surface area contributed by atoms with Gasteiger partial charge in [-0.25, -0.2) is 0 Å². The Morgan fingerprint density at radius 2 is 1.88 bits per heavy atom. The smallest absolute Gasteiger partial charge is 0.0601 e. The van der Waals surface area contributed by atoms with E-state index < -0.39 is 0 Å². The van der Waals surface area contributed by atoms with E-state index >= 15 is 0 Å². The molecule has 1 aliphatic rings. The molecule has 1 fully saturated rings. The van der Waals surface area contributed by atoms with Crippen LogP contribution in [0.15, 0.2) is 0 Å². The van der Waals surface area contributed by atoms with E-state index in [0.29, 0.717) is 5.54 Å². The summed E-state index contributed by atoms with van der Waals surface area (Å²) >= 11 is 0. The average molecular weight is 243 g/mol. The van der Waals surface area contributed by atoms with Crippen molar-refractivity contribution in [2.75, 3.05) is 34.3 Å². The van der Waals surface area contributed by atoms with Gasteiger partial charge in [-0.2, -0.15) is 0 Å². The predicted molar refractivity (Wildman–Crippen MR) is 72.0 cm³/mol. The summed E-state index contributed by atoms with van der Waals surface area (Å²) in [7, 11) is 6.39. The van der Waals surface area contributed by atoms with E-state index in [9.17, 15) is 5.11 Å². The third kappa shape index (κ3) is 3.19. The Bertz CT molecular complexity index is 229. The predicted octanol–water partition coefficient (Wildman–Crippen LogP) is 0.501. The van der Waals surface area contributed by atoms with Crippen LogP contribution in [-0.2, 0) is 0 Å². The molecule has 0 amide bonds. The van der Waals surface area contributed by atoms with Gasteiger partial charge in [0.2, 0.25) is 0 Å². The van der Waals surface area contributed by atoms with Gasteiger partial charge < -0.3 is 15.7 Å². The van der Waals surface area contributed by atoms with E-state index in [1.807, 2.05) is 0 Å². The molecule has 0 aromatic rings. The summed E-state index contributed by atoms with van der Waals surface area (Å²) in [4.78, 5) is 4.58. The maximum atomic E-state index is 9.49. The molecule has 0 aliphatic heterocycles. The van der Waals surface area contributed by atoms with E-state index in [1.54, 1.807) is 0 Å². The lowest BCUT2D eigenvalue weighted by Crippen LogP contribution is -2.60. The molecule has 1 aliphatic carbocycles. The summed E-state index contributed by atoms with van der Waals surface area (Å²) in [6.45, 7) is 3.22. The molecule has 2 unspecified atom stereocenters. The molecule has 0 aromatic carbocycles. The minimum absolute atomic E-state index is 0.0595. The third-order valence-corrected chi connectivity index (χ3v) is 4.50. The van der Waals surface area contributed by atoms with E-state index in [0.717, 1.165) is 13.0 Å².